The third-order valence-electron chi connectivity index (χ3n) is 2.99. The molecule has 0 amide bonds. The Morgan fingerprint density at radius 1 is 0.950 bits per heavy atom. The zero-order valence-corrected chi connectivity index (χ0v) is 10.7. The second-order valence-electron chi connectivity index (χ2n) is 4.34. The lowest BCUT2D eigenvalue weighted by Gasteiger charge is -2.11. The van der Waals surface area contributed by atoms with Gasteiger partial charge in [0.05, 0.1) is 5.56 Å². The number of esters is 1. The number of nitrogens with one attached hydrogen (secondary N) is 1. The molecule has 20 heavy (non-hydrogen) atoms. The number of fused-ring (bicyclic) bond motifs is 1. The van der Waals surface area contributed by atoms with Crippen LogP contribution in [0.4, 0.5) is 5.69 Å². The standard InChI is InChI=1S/C17H13NO2/c19-17(13-7-2-1-3-8-13)20-16-11-6-10-15-14(16)9-4-5-12-18-15/h1-12,18H. The fraction of sp³-hybridized carbons (Fsp3) is 0. The molecule has 2 aromatic rings. The zero-order valence-electron chi connectivity index (χ0n) is 10.7. The maximum absolute atomic E-state index is 12.1. The average Bonchev–Trinajstić information content (AvgIpc) is 2.74. The summed E-state index contributed by atoms with van der Waals surface area (Å²) < 4.78 is 5.50. The number of anilines is 1. The van der Waals surface area contributed by atoms with Crippen molar-refractivity contribution >= 4 is 17.7 Å². The first-order chi connectivity index (χ1) is 9.84. The molecule has 0 radical (unpaired) electrons. The Morgan fingerprint density at radius 3 is 2.65 bits per heavy atom. The van der Waals surface area contributed by atoms with Crippen LogP contribution in [0.2, 0.25) is 0 Å². The van der Waals surface area contributed by atoms with E-state index in [1.807, 2.05) is 54.8 Å². The molecule has 0 fully saturated rings. The number of allylic oxidation sites excluding steroid dienone is 2. The quantitative estimate of drug-likeness (QED) is 0.660. The number of hydrogen-bond donors (Lipinski definition) is 1. The molecule has 0 aromatic heterocycles. The van der Waals surface area contributed by atoms with Gasteiger partial charge < -0.3 is 10.1 Å². The van der Waals surface area contributed by atoms with Gasteiger partial charge >= 0.3 is 5.97 Å². The summed E-state index contributed by atoms with van der Waals surface area (Å²) in [4.78, 5) is 12.1. The van der Waals surface area contributed by atoms with Crippen LogP contribution in [0.5, 0.6) is 5.75 Å². The molecule has 1 aliphatic heterocycles. The summed E-state index contributed by atoms with van der Waals surface area (Å²) >= 11 is 0. The number of rotatable bonds is 2. The number of carbonyl (C=O) groups excluding carboxylic acids is 1. The van der Waals surface area contributed by atoms with Crippen LogP contribution in [0, 0.1) is 0 Å². The minimum absolute atomic E-state index is 0.357. The van der Waals surface area contributed by atoms with Crippen LogP contribution in [0.3, 0.4) is 0 Å². The smallest absolute Gasteiger partial charge is 0.343 e. The zero-order chi connectivity index (χ0) is 13.8. The highest BCUT2D eigenvalue weighted by Gasteiger charge is 2.12. The van der Waals surface area contributed by atoms with E-state index >= 15 is 0 Å². The molecule has 1 heterocycles. The number of ether oxygens (including phenoxy) is 1. The van der Waals surface area contributed by atoms with E-state index in [4.69, 9.17) is 4.74 Å². The largest absolute Gasteiger partial charge is 0.422 e. The first-order valence-corrected chi connectivity index (χ1v) is 6.34. The molecule has 0 saturated heterocycles. The van der Waals surface area contributed by atoms with Crippen LogP contribution in [0.1, 0.15) is 15.9 Å². The fourth-order valence-corrected chi connectivity index (χ4v) is 2.01. The van der Waals surface area contributed by atoms with Crippen molar-refractivity contribution in [2.75, 3.05) is 5.32 Å². The fourth-order valence-electron chi connectivity index (χ4n) is 2.01. The van der Waals surface area contributed by atoms with E-state index in [1.54, 1.807) is 18.2 Å². The molecule has 98 valence electrons. The predicted octanol–water partition coefficient (Wildman–Crippen LogP) is 3.86. The Hall–Kier alpha value is -2.81. The van der Waals surface area contributed by atoms with Gasteiger partial charge in [-0.05, 0) is 36.4 Å². The maximum atomic E-state index is 12.1. The molecule has 3 heteroatoms. The van der Waals surface area contributed by atoms with Gasteiger partial charge in [-0.15, -0.1) is 0 Å². The third-order valence-corrected chi connectivity index (χ3v) is 2.99. The van der Waals surface area contributed by atoms with Crippen molar-refractivity contribution in [1.29, 1.82) is 0 Å². The van der Waals surface area contributed by atoms with Crippen molar-refractivity contribution in [1.82, 2.24) is 0 Å². The Kier molecular flexibility index (Phi) is 3.33. The third kappa shape index (κ3) is 2.47. The lowest BCUT2D eigenvalue weighted by atomic mass is 10.1. The van der Waals surface area contributed by atoms with Crippen molar-refractivity contribution in [2.24, 2.45) is 0 Å². The van der Waals surface area contributed by atoms with Crippen LogP contribution >= 0.6 is 0 Å². The second-order valence-corrected chi connectivity index (χ2v) is 4.34. The molecule has 1 N–H and O–H groups in total. The highest BCUT2D eigenvalue weighted by Crippen LogP contribution is 2.29. The molecule has 0 bridgehead atoms. The monoisotopic (exact) mass is 263 g/mol. The Balaban J connectivity index is 1.91. The summed E-state index contributed by atoms with van der Waals surface area (Å²) in [5.41, 5.74) is 2.31. The highest BCUT2D eigenvalue weighted by atomic mass is 16.5. The van der Waals surface area contributed by atoms with Crippen LogP contribution in [0.15, 0.2) is 66.9 Å². The molecule has 0 atom stereocenters. The summed E-state index contributed by atoms with van der Waals surface area (Å²) in [5, 5.41) is 3.14. The van der Waals surface area contributed by atoms with E-state index in [0.29, 0.717) is 11.3 Å². The summed E-state index contributed by atoms with van der Waals surface area (Å²) in [6.07, 6.45) is 7.55. The Bertz CT molecular complexity index is 687. The minimum atomic E-state index is -0.357. The predicted molar refractivity (Wildman–Crippen MR) is 79.6 cm³/mol. The molecular formula is C17H13NO2. The van der Waals surface area contributed by atoms with Crippen molar-refractivity contribution < 1.29 is 9.53 Å². The molecule has 1 aliphatic rings. The van der Waals surface area contributed by atoms with Gasteiger partial charge in [0.1, 0.15) is 5.75 Å². The molecule has 3 nitrogen and oxygen atoms in total. The van der Waals surface area contributed by atoms with E-state index < -0.39 is 0 Å². The lowest BCUT2D eigenvalue weighted by molar-refractivity contribution is 0.0734. The number of carbonyl (C=O) groups is 1. The number of benzene rings is 2. The summed E-state index contributed by atoms with van der Waals surface area (Å²) in [6.45, 7) is 0. The van der Waals surface area contributed by atoms with Gasteiger partial charge in [0.2, 0.25) is 0 Å². The van der Waals surface area contributed by atoms with Gasteiger partial charge in [-0.1, -0.05) is 30.3 Å². The van der Waals surface area contributed by atoms with E-state index in [2.05, 4.69) is 5.32 Å². The topological polar surface area (TPSA) is 38.3 Å². The average molecular weight is 263 g/mol. The van der Waals surface area contributed by atoms with Crippen LogP contribution in [-0.4, -0.2) is 5.97 Å². The first kappa shape index (κ1) is 12.2. The van der Waals surface area contributed by atoms with Crippen molar-refractivity contribution in [3.8, 4) is 5.75 Å². The van der Waals surface area contributed by atoms with E-state index in [9.17, 15) is 4.79 Å². The first-order valence-electron chi connectivity index (χ1n) is 6.34. The SMILES string of the molecule is O=C(Oc1cccc2c1C=CC=CN2)c1ccccc1. The maximum Gasteiger partial charge on any atom is 0.343 e. The van der Waals surface area contributed by atoms with Gasteiger partial charge in [0.15, 0.2) is 0 Å². The molecule has 0 unspecified atom stereocenters. The molecule has 2 aromatic carbocycles. The van der Waals surface area contributed by atoms with E-state index in [1.165, 1.54) is 0 Å². The van der Waals surface area contributed by atoms with Crippen molar-refractivity contribution in [3.63, 3.8) is 0 Å². The van der Waals surface area contributed by atoms with Crippen LogP contribution in [0.25, 0.3) is 6.08 Å². The van der Waals surface area contributed by atoms with Crippen LogP contribution < -0.4 is 10.1 Å². The summed E-state index contributed by atoms with van der Waals surface area (Å²) in [7, 11) is 0. The Morgan fingerprint density at radius 2 is 1.80 bits per heavy atom. The summed E-state index contributed by atoms with van der Waals surface area (Å²) in [5.74, 6) is 0.188. The normalized spacial score (nSPS) is 12.2. The highest BCUT2D eigenvalue weighted by molar-refractivity contribution is 5.92. The molecule has 3 rings (SSSR count). The molecular weight excluding hydrogens is 250 g/mol. The molecule has 0 aliphatic carbocycles. The van der Waals surface area contributed by atoms with Gasteiger partial charge in [0.25, 0.3) is 0 Å². The second kappa shape index (κ2) is 5.45. The minimum Gasteiger partial charge on any atom is -0.422 e. The Labute approximate surface area is 117 Å². The summed E-state index contributed by atoms with van der Waals surface area (Å²) in [6, 6.07) is 14.5. The van der Waals surface area contributed by atoms with Gasteiger partial charge in [-0.25, -0.2) is 4.79 Å². The number of hydrogen-bond acceptors (Lipinski definition) is 3. The van der Waals surface area contributed by atoms with E-state index in [-0.39, 0.29) is 5.97 Å². The lowest BCUT2D eigenvalue weighted by Crippen LogP contribution is -2.09. The van der Waals surface area contributed by atoms with Gasteiger partial charge in [-0.2, -0.15) is 0 Å². The molecule has 0 spiro atoms. The van der Waals surface area contributed by atoms with Crippen molar-refractivity contribution in [3.05, 3.63) is 78.0 Å². The van der Waals surface area contributed by atoms with Crippen molar-refractivity contribution in [2.45, 2.75) is 0 Å². The molecule has 0 saturated carbocycles. The van der Waals surface area contributed by atoms with Gasteiger partial charge in [-0.3, -0.25) is 0 Å². The van der Waals surface area contributed by atoms with E-state index in [0.717, 1.165) is 11.3 Å². The van der Waals surface area contributed by atoms with Gasteiger partial charge in [0, 0.05) is 17.5 Å². The van der Waals surface area contributed by atoms with Crippen LogP contribution in [-0.2, 0) is 0 Å².